The molecule has 9 nitrogen and oxygen atoms in total. The van der Waals surface area contributed by atoms with E-state index in [1.54, 1.807) is 0 Å². The molecule has 0 fully saturated rings. The number of aldehydes is 1. The lowest BCUT2D eigenvalue weighted by atomic mass is 9.95. The largest absolute Gasteiger partial charge is 0.487 e. The minimum Gasteiger partial charge on any atom is -0.487 e. The summed E-state index contributed by atoms with van der Waals surface area (Å²) < 4.78 is 47.6. The highest BCUT2D eigenvalue weighted by Crippen LogP contribution is 2.40. The Kier molecular flexibility index (Phi) is 10.2. The highest BCUT2D eigenvalue weighted by atomic mass is 16.6. The normalized spacial score (nSPS) is 22.0. The molecule has 200 valence electrons. The van der Waals surface area contributed by atoms with Gasteiger partial charge in [-0.1, -0.05) is 24.3 Å². The number of carbonyl (C=O) groups is 1. The van der Waals surface area contributed by atoms with Crippen LogP contribution < -0.4 is 18.9 Å². The van der Waals surface area contributed by atoms with Crippen LogP contribution >= 0.6 is 0 Å². The molecule has 1 unspecified atom stereocenters. The van der Waals surface area contributed by atoms with Gasteiger partial charge in [0.15, 0.2) is 34.5 Å². The summed E-state index contributed by atoms with van der Waals surface area (Å²) in [5.74, 6) is 3.45. The predicted octanol–water partition coefficient (Wildman–Crippen LogP) is 3.95. The van der Waals surface area contributed by atoms with Gasteiger partial charge in [-0.05, 0) is 37.6 Å². The van der Waals surface area contributed by atoms with Crippen LogP contribution in [0.25, 0.3) is 0 Å². The molecule has 0 saturated carbocycles. The molecule has 0 amide bonds. The number of benzene rings is 2. The molecule has 1 atom stereocenters. The fourth-order valence-corrected chi connectivity index (χ4v) is 3.97. The van der Waals surface area contributed by atoms with Gasteiger partial charge in [0.25, 0.3) is 0 Å². The van der Waals surface area contributed by atoms with Gasteiger partial charge in [0, 0.05) is 6.42 Å². The molecule has 37 heavy (non-hydrogen) atoms. The van der Waals surface area contributed by atoms with Gasteiger partial charge < -0.3 is 42.7 Å². The maximum Gasteiger partial charge on any atom is 0.176 e. The van der Waals surface area contributed by atoms with E-state index >= 15 is 0 Å². The van der Waals surface area contributed by atoms with Crippen molar-refractivity contribution in [3.8, 4) is 23.0 Å². The number of fused-ring (bicyclic) bond motifs is 2. The van der Waals surface area contributed by atoms with Gasteiger partial charge in [0.1, 0.15) is 31.7 Å². The second kappa shape index (κ2) is 14.0. The zero-order valence-corrected chi connectivity index (χ0v) is 21.1. The lowest BCUT2D eigenvalue weighted by Gasteiger charge is -2.35. The van der Waals surface area contributed by atoms with Gasteiger partial charge in [-0.15, -0.1) is 0 Å². The van der Waals surface area contributed by atoms with Crippen molar-refractivity contribution in [2.45, 2.75) is 25.4 Å². The van der Waals surface area contributed by atoms with Crippen LogP contribution in [-0.4, -0.2) is 71.3 Å². The summed E-state index contributed by atoms with van der Waals surface area (Å²) >= 11 is 0. The molecular weight excluding hydrogens is 480 g/mol. The van der Waals surface area contributed by atoms with Gasteiger partial charge in [0.2, 0.25) is 0 Å². The van der Waals surface area contributed by atoms with Crippen molar-refractivity contribution in [1.29, 1.82) is 0 Å². The third kappa shape index (κ3) is 7.69. The summed E-state index contributed by atoms with van der Waals surface area (Å²) in [7, 11) is 0. The average Bonchev–Trinajstić information content (AvgIpc) is 2.92. The standard InChI is InChI=1S/C28H34O9/c1-28(11-6-12-29)27-26(36-24-9-4-5-10-25(24)37-27)21-32-14-13-30-15-18-33-22-7-2-3-8-23(22)34-19-16-31-17-20-35-28/h2-5,7-10,12H,6,11,13-21H2,1H3. The van der Waals surface area contributed by atoms with Crippen LogP contribution in [0, 0.1) is 0 Å². The van der Waals surface area contributed by atoms with Crippen LogP contribution in [0.1, 0.15) is 19.8 Å². The zero-order valence-electron chi connectivity index (χ0n) is 21.1. The van der Waals surface area contributed by atoms with Crippen molar-refractivity contribution < 1.29 is 42.7 Å². The van der Waals surface area contributed by atoms with Gasteiger partial charge in [0.05, 0.1) is 39.6 Å². The Morgan fingerprint density at radius 3 is 1.89 bits per heavy atom. The molecule has 0 aliphatic carbocycles. The summed E-state index contributed by atoms with van der Waals surface area (Å²) in [5, 5.41) is 0. The number of rotatable bonds is 3. The molecule has 0 aromatic heterocycles. The Morgan fingerprint density at radius 1 is 0.703 bits per heavy atom. The Balaban J connectivity index is 1.47. The number of carbonyl (C=O) groups excluding carboxylic acids is 1. The Morgan fingerprint density at radius 2 is 1.24 bits per heavy atom. The molecule has 2 heterocycles. The van der Waals surface area contributed by atoms with Crippen molar-refractivity contribution in [3.63, 3.8) is 0 Å². The summed E-state index contributed by atoms with van der Waals surface area (Å²) in [6.45, 7) is 4.92. The van der Waals surface area contributed by atoms with Crippen LogP contribution in [0.3, 0.4) is 0 Å². The topological polar surface area (TPSA) is 90.9 Å². The number of para-hydroxylation sites is 4. The van der Waals surface area contributed by atoms with Gasteiger partial charge >= 0.3 is 0 Å². The van der Waals surface area contributed by atoms with Gasteiger partial charge in [-0.2, -0.15) is 0 Å². The maximum atomic E-state index is 11.3. The van der Waals surface area contributed by atoms with E-state index in [2.05, 4.69) is 0 Å². The molecular formula is C28H34O9. The molecule has 0 spiro atoms. The first-order valence-corrected chi connectivity index (χ1v) is 12.5. The molecule has 0 N–H and O–H groups in total. The lowest BCUT2D eigenvalue weighted by molar-refractivity contribution is -0.110. The van der Waals surface area contributed by atoms with E-state index in [-0.39, 0.29) is 13.2 Å². The Bertz CT molecular complexity index is 1040. The monoisotopic (exact) mass is 514 g/mol. The first-order chi connectivity index (χ1) is 18.2. The molecule has 0 saturated heterocycles. The molecule has 0 bridgehead atoms. The summed E-state index contributed by atoms with van der Waals surface area (Å²) in [4.78, 5) is 11.3. The van der Waals surface area contributed by atoms with E-state index in [0.29, 0.717) is 93.6 Å². The molecule has 9 heteroatoms. The van der Waals surface area contributed by atoms with Crippen LogP contribution in [-0.2, 0) is 23.7 Å². The smallest absolute Gasteiger partial charge is 0.176 e. The molecule has 2 aliphatic heterocycles. The van der Waals surface area contributed by atoms with E-state index in [0.717, 1.165) is 6.29 Å². The quantitative estimate of drug-likeness (QED) is 0.565. The van der Waals surface area contributed by atoms with Gasteiger partial charge in [-0.25, -0.2) is 0 Å². The fraction of sp³-hybridized carbons (Fsp3) is 0.464. The first kappa shape index (κ1) is 26.9. The van der Waals surface area contributed by atoms with Crippen molar-refractivity contribution in [2.24, 2.45) is 0 Å². The Labute approximate surface area is 217 Å². The fourth-order valence-electron chi connectivity index (χ4n) is 3.97. The number of hydrogen-bond donors (Lipinski definition) is 0. The van der Waals surface area contributed by atoms with Gasteiger partial charge in [-0.3, -0.25) is 0 Å². The second-order valence-electron chi connectivity index (χ2n) is 8.61. The predicted molar refractivity (Wildman–Crippen MR) is 134 cm³/mol. The molecule has 2 aromatic rings. The van der Waals surface area contributed by atoms with Crippen LogP contribution in [0.2, 0.25) is 0 Å². The van der Waals surface area contributed by atoms with Crippen molar-refractivity contribution in [2.75, 3.05) is 59.5 Å². The minimum atomic E-state index is -0.930. The molecule has 2 aromatic carbocycles. The van der Waals surface area contributed by atoms with Crippen LogP contribution in [0.15, 0.2) is 60.0 Å². The zero-order chi connectivity index (χ0) is 25.8. The maximum absolute atomic E-state index is 11.3. The summed E-state index contributed by atoms with van der Waals surface area (Å²) in [5.41, 5.74) is -0.930. The van der Waals surface area contributed by atoms with E-state index in [1.807, 2.05) is 55.5 Å². The van der Waals surface area contributed by atoms with Crippen molar-refractivity contribution in [1.82, 2.24) is 0 Å². The van der Waals surface area contributed by atoms with E-state index in [1.165, 1.54) is 0 Å². The third-order valence-electron chi connectivity index (χ3n) is 5.84. The third-order valence-corrected chi connectivity index (χ3v) is 5.84. The SMILES string of the molecule is CC1(CCC=O)OCCOCCOc2ccccc2OCCOCCOCC2=C1Oc1ccccc1O2. The second-order valence-corrected chi connectivity index (χ2v) is 8.61. The Hall–Kier alpha value is -3.11. The van der Waals surface area contributed by atoms with Crippen molar-refractivity contribution in [3.05, 3.63) is 60.0 Å². The van der Waals surface area contributed by atoms with E-state index in [9.17, 15) is 4.79 Å². The number of ether oxygens (including phenoxy) is 8. The first-order valence-electron chi connectivity index (χ1n) is 12.5. The van der Waals surface area contributed by atoms with E-state index in [4.69, 9.17) is 37.9 Å². The van der Waals surface area contributed by atoms with Crippen LogP contribution in [0.4, 0.5) is 0 Å². The molecule has 4 rings (SSSR count). The average molecular weight is 515 g/mol. The lowest BCUT2D eigenvalue weighted by Crippen LogP contribution is -2.39. The summed E-state index contributed by atoms with van der Waals surface area (Å²) in [6.07, 6.45) is 1.57. The number of hydrogen-bond acceptors (Lipinski definition) is 9. The highest BCUT2D eigenvalue weighted by molar-refractivity contribution is 5.50. The van der Waals surface area contributed by atoms with E-state index < -0.39 is 5.60 Å². The van der Waals surface area contributed by atoms with Crippen molar-refractivity contribution >= 4 is 6.29 Å². The highest BCUT2D eigenvalue weighted by Gasteiger charge is 2.38. The molecule has 2 aliphatic rings. The summed E-state index contributed by atoms with van der Waals surface area (Å²) in [6, 6.07) is 14.9. The minimum absolute atomic E-state index is 0.158. The molecule has 0 radical (unpaired) electrons. The van der Waals surface area contributed by atoms with Crippen LogP contribution in [0.5, 0.6) is 23.0 Å².